The molecule has 1 aliphatic rings. The molecule has 0 aromatic rings. The molecule has 12 heavy (non-hydrogen) atoms. The molecule has 0 aromatic heterocycles. The second-order valence-electron chi connectivity index (χ2n) is 2.90. The third kappa shape index (κ3) is 2.32. The Kier molecular flexibility index (Phi) is 2.58. The topological polar surface area (TPSA) is 56.2 Å². The van der Waals surface area contributed by atoms with Crippen LogP contribution in [0.15, 0.2) is 12.4 Å². The molecule has 0 saturated heterocycles. The van der Waals surface area contributed by atoms with Gasteiger partial charge >= 0.3 is 7.94 Å². The molecule has 0 spiro atoms. The second kappa shape index (κ2) is 3.18. The van der Waals surface area contributed by atoms with E-state index in [9.17, 15) is 0 Å². The molecule has 0 radical (unpaired) electrons. The van der Waals surface area contributed by atoms with Gasteiger partial charge in [-0.2, -0.15) is 9.79 Å². The van der Waals surface area contributed by atoms with Gasteiger partial charge in [-0.05, 0) is 0 Å². The quantitative estimate of drug-likeness (QED) is 0.605. The Balaban J connectivity index is 2.53. The minimum Gasteiger partial charge on any atom is -0.334 e. The average molecular weight is 193 g/mol. The molecule has 0 aromatic carbocycles. The van der Waals surface area contributed by atoms with Crippen molar-refractivity contribution in [2.45, 2.75) is 6.35 Å². The van der Waals surface area contributed by atoms with Gasteiger partial charge in [0, 0.05) is 26.5 Å². The monoisotopic (exact) mass is 193 g/mol. The maximum Gasteiger partial charge on any atom is 0.407 e. The summed E-state index contributed by atoms with van der Waals surface area (Å²) in [6, 6.07) is 0. The van der Waals surface area contributed by atoms with E-state index < -0.39 is 14.3 Å². The predicted octanol–water partition coefficient (Wildman–Crippen LogP) is 0.0120. The highest BCUT2D eigenvalue weighted by Crippen LogP contribution is 2.48. The molecular formula is C6H14N2O3P+. The smallest absolute Gasteiger partial charge is 0.334 e. The van der Waals surface area contributed by atoms with Crippen molar-refractivity contribution in [3.05, 3.63) is 12.4 Å². The lowest BCUT2D eigenvalue weighted by Gasteiger charge is -2.25. The number of nitrogens with zero attached hydrogens (tertiary/aromatic N) is 2. The fourth-order valence-corrected chi connectivity index (χ4v) is 1.63. The average Bonchev–Trinajstić information content (AvgIpc) is 2.16. The van der Waals surface area contributed by atoms with Crippen molar-refractivity contribution in [1.82, 2.24) is 9.80 Å². The first-order chi connectivity index (χ1) is 5.40. The lowest BCUT2D eigenvalue weighted by molar-refractivity contribution is -0.0153. The standard InChI is InChI=1S/C6H14N2O3P/c1-7-4-5-8(2)6(7)11-12(3,9)10/h4-6,9-10H,1-3H3/q+1. The molecule has 0 amide bonds. The van der Waals surface area contributed by atoms with Crippen LogP contribution in [-0.2, 0) is 4.52 Å². The van der Waals surface area contributed by atoms with Gasteiger partial charge in [0.2, 0.25) is 0 Å². The van der Waals surface area contributed by atoms with Crippen molar-refractivity contribution >= 4 is 7.94 Å². The van der Waals surface area contributed by atoms with Crippen molar-refractivity contribution in [2.75, 3.05) is 20.8 Å². The van der Waals surface area contributed by atoms with E-state index in [-0.39, 0.29) is 0 Å². The molecule has 0 atom stereocenters. The molecule has 0 bridgehead atoms. The molecule has 0 fully saturated rings. The van der Waals surface area contributed by atoms with E-state index in [2.05, 4.69) is 0 Å². The normalized spacial score (nSPS) is 19.4. The van der Waals surface area contributed by atoms with Gasteiger partial charge in [-0.15, -0.1) is 4.52 Å². The molecule has 6 heteroatoms. The van der Waals surface area contributed by atoms with Crippen LogP contribution in [-0.4, -0.2) is 46.7 Å². The van der Waals surface area contributed by atoms with Crippen molar-refractivity contribution in [3.8, 4) is 0 Å². The van der Waals surface area contributed by atoms with Gasteiger partial charge in [-0.3, -0.25) is 0 Å². The highest BCUT2D eigenvalue weighted by molar-refractivity contribution is 7.58. The zero-order chi connectivity index (χ0) is 9.35. The summed E-state index contributed by atoms with van der Waals surface area (Å²) in [5, 5.41) is 0. The maximum absolute atomic E-state index is 9.08. The molecule has 2 N–H and O–H groups in total. The van der Waals surface area contributed by atoms with Crippen LogP contribution >= 0.6 is 7.94 Å². The SMILES string of the molecule is CN1C=CN(C)C1O[P+](C)(O)O. The van der Waals surface area contributed by atoms with E-state index in [1.807, 2.05) is 0 Å². The fraction of sp³-hybridized carbons (Fsp3) is 0.667. The summed E-state index contributed by atoms with van der Waals surface area (Å²) in [6.07, 6.45) is 3.21. The third-order valence-electron chi connectivity index (χ3n) is 1.53. The molecule has 70 valence electrons. The summed E-state index contributed by atoms with van der Waals surface area (Å²) < 4.78 is 5.03. The molecule has 0 saturated carbocycles. The van der Waals surface area contributed by atoms with E-state index in [1.54, 1.807) is 36.3 Å². The zero-order valence-corrected chi connectivity index (χ0v) is 8.27. The summed E-state index contributed by atoms with van der Waals surface area (Å²) in [6.45, 7) is 1.28. The summed E-state index contributed by atoms with van der Waals surface area (Å²) in [5.74, 6) is 0. The third-order valence-corrected chi connectivity index (χ3v) is 2.12. The van der Waals surface area contributed by atoms with Gasteiger partial charge < -0.3 is 9.80 Å². The number of hydrogen-bond acceptors (Lipinski definition) is 5. The van der Waals surface area contributed by atoms with Crippen LogP contribution in [0.3, 0.4) is 0 Å². The zero-order valence-electron chi connectivity index (χ0n) is 7.38. The molecule has 1 rings (SSSR count). The molecule has 0 unspecified atom stereocenters. The Bertz CT molecular complexity index is 180. The van der Waals surface area contributed by atoms with Crippen LogP contribution < -0.4 is 0 Å². The highest BCUT2D eigenvalue weighted by Gasteiger charge is 2.37. The Morgan fingerprint density at radius 3 is 2.00 bits per heavy atom. The van der Waals surface area contributed by atoms with Gasteiger partial charge in [-0.25, -0.2) is 0 Å². The Morgan fingerprint density at radius 2 is 1.67 bits per heavy atom. The first kappa shape index (κ1) is 9.74. The van der Waals surface area contributed by atoms with Gasteiger partial charge in [0.15, 0.2) is 0 Å². The lowest BCUT2D eigenvalue weighted by atomic mass is 10.8. The van der Waals surface area contributed by atoms with Gasteiger partial charge in [0.1, 0.15) is 6.66 Å². The van der Waals surface area contributed by atoms with Crippen molar-refractivity contribution in [3.63, 3.8) is 0 Å². The van der Waals surface area contributed by atoms with Crippen LogP contribution in [0.1, 0.15) is 0 Å². The molecule has 5 nitrogen and oxygen atoms in total. The van der Waals surface area contributed by atoms with Crippen LogP contribution in [0, 0.1) is 0 Å². The van der Waals surface area contributed by atoms with Crippen LogP contribution in [0.5, 0.6) is 0 Å². The summed E-state index contributed by atoms with van der Waals surface area (Å²) in [5.41, 5.74) is 0. The molecule has 1 aliphatic heterocycles. The molecular weight excluding hydrogens is 179 g/mol. The van der Waals surface area contributed by atoms with Gasteiger partial charge in [0.05, 0.1) is 0 Å². The lowest BCUT2D eigenvalue weighted by Crippen LogP contribution is -2.36. The highest BCUT2D eigenvalue weighted by atomic mass is 31.2. The first-order valence-electron chi connectivity index (χ1n) is 3.53. The van der Waals surface area contributed by atoms with Gasteiger partial charge in [0.25, 0.3) is 6.35 Å². The van der Waals surface area contributed by atoms with E-state index in [0.29, 0.717) is 0 Å². The number of hydrogen-bond donors (Lipinski definition) is 2. The summed E-state index contributed by atoms with van der Waals surface area (Å²) in [4.78, 5) is 21.7. The van der Waals surface area contributed by atoms with Crippen LogP contribution in [0.2, 0.25) is 0 Å². The fourth-order valence-electron chi connectivity index (χ4n) is 0.972. The van der Waals surface area contributed by atoms with E-state index in [4.69, 9.17) is 14.3 Å². The van der Waals surface area contributed by atoms with E-state index >= 15 is 0 Å². The summed E-state index contributed by atoms with van der Waals surface area (Å²) in [7, 11) is 0.449. The largest absolute Gasteiger partial charge is 0.407 e. The minimum absolute atomic E-state index is 0.404. The van der Waals surface area contributed by atoms with Crippen molar-refractivity contribution in [2.24, 2.45) is 0 Å². The summed E-state index contributed by atoms with van der Waals surface area (Å²) >= 11 is 0. The second-order valence-corrected chi connectivity index (χ2v) is 4.78. The van der Waals surface area contributed by atoms with Crippen molar-refractivity contribution < 1.29 is 14.3 Å². The van der Waals surface area contributed by atoms with Crippen molar-refractivity contribution in [1.29, 1.82) is 0 Å². The van der Waals surface area contributed by atoms with Gasteiger partial charge in [-0.1, -0.05) is 0 Å². The molecule has 0 aliphatic carbocycles. The predicted molar refractivity (Wildman–Crippen MR) is 46.8 cm³/mol. The van der Waals surface area contributed by atoms with Crippen LogP contribution in [0.25, 0.3) is 0 Å². The Hall–Kier alpha value is -0.350. The Labute approximate surface area is 72.4 Å². The first-order valence-corrected chi connectivity index (χ1v) is 5.59. The number of rotatable bonds is 2. The molecule has 1 heterocycles. The van der Waals surface area contributed by atoms with E-state index in [0.717, 1.165) is 0 Å². The maximum atomic E-state index is 9.08. The van der Waals surface area contributed by atoms with Crippen LogP contribution in [0.4, 0.5) is 0 Å². The van der Waals surface area contributed by atoms with E-state index in [1.165, 1.54) is 6.66 Å². The Morgan fingerprint density at radius 1 is 1.25 bits per heavy atom. The minimum atomic E-state index is -3.16.